The summed E-state index contributed by atoms with van der Waals surface area (Å²) in [6.45, 7) is 2.61. The third-order valence-corrected chi connectivity index (χ3v) is 3.80. The molecule has 0 bridgehead atoms. The standard InChI is InChI=1S/C13H17FN4O3/c1-7-3-8(7)6-17(2)13(19)9-4-11(16-15)10(14)5-12(9)18(20)21/h4-5,7-8,16H,3,6,15H2,1-2H3. The lowest BCUT2D eigenvalue weighted by Gasteiger charge is -2.17. The second kappa shape index (κ2) is 5.65. The van der Waals surface area contributed by atoms with Gasteiger partial charge in [0.15, 0.2) is 5.82 Å². The van der Waals surface area contributed by atoms with Gasteiger partial charge in [0.25, 0.3) is 11.6 Å². The maximum Gasteiger partial charge on any atom is 0.285 e. The Hall–Kier alpha value is -2.22. The molecule has 2 atom stereocenters. The molecule has 0 spiro atoms. The Morgan fingerprint density at radius 2 is 2.24 bits per heavy atom. The number of nitrogens with zero attached hydrogens (tertiary/aromatic N) is 2. The zero-order chi connectivity index (χ0) is 15.7. The van der Waals surface area contributed by atoms with Gasteiger partial charge in [0.05, 0.1) is 16.7 Å². The Labute approximate surface area is 121 Å². The molecule has 1 amide bonds. The first-order valence-electron chi connectivity index (χ1n) is 6.55. The van der Waals surface area contributed by atoms with Gasteiger partial charge < -0.3 is 10.3 Å². The van der Waals surface area contributed by atoms with Crippen LogP contribution in [0.3, 0.4) is 0 Å². The number of anilines is 1. The van der Waals surface area contributed by atoms with Crippen LogP contribution in [0.25, 0.3) is 0 Å². The molecule has 1 fully saturated rings. The number of nitrogens with two attached hydrogens (primary N) is 1. The molecule has 2 rings (SSSR count). The molecule has 0 aromatic heterocycles. The van der Waals surface area contributed by atoms with E-state index in [1.165, 1.54) is 4.90 Å². The van der Waals surface area contributed by atoms with Gasteiger partial charge >= 0.3 is 0 Å². The highest BCUT2D eigenvalue weighted by atomic mass is 19.1. The predicted molar refractivity (Wildman–Crippen MR) is 75.1 cm³/mol. The summed E-state index contributed by atoms with van der Waals surface area (Å²) in [5.41, 5.74) is 1.19. The normalized spacial score (nSPS) is 20.0. The highest BCUT2D eigenvalue weighted by molar-refractivity contribution is 5.99. The molecule has 8 heteroatoms. The number of hydrazine groups is 1. The van der Waals surface area contributed by atoms with Crippen LogP contribution >= 0.6 is 0 Å². The molecule has 0 saturated heterocycles. The third kappa shape index (κ3) is 3.10. The lowest BCUT2D eigenvalue weighted by molar-refractivity contribution is -0.385. The minimum absolute atomic E-state index is 0.155. The van der Waals surface area contributed by atoms with Crippen LogP contribution in [0.5, 0.6) is 0 Å². The van der Waals surface area contributed by atoms with E-state index in [1.807, 2.05) is 0 Å². The number of carbonyl (C=O) groups is 1. The van der Waals surface area contributed by atoms with E-state index in [0.29, 0.717) is 24.4 Å². The molecule has 1 aliphatic carbocycles. The van der Waals surface area contributed by atoms with Gasteiger partial charge in [-0.2, -0.15) is 0 Å². The molecule has 114 valence electrons. The maximum atomic E-state index is 13.6. The largest absolute Gasteiger partial charge is 0.341 e. The van der Waals surface area contributed by atoms with E-state index in [0.717, 1.165) is 12.5 Å². The molecule has 1 aromatic carbocycles. The van der Waals surface area contributed by atoms with Gasteiger partial charge in [-0.05, 0) is 24.3 Å². The summed E-state index contributed by atoms with van der Waals surface area (Å²) in [7, 11) is 1.58. The molecule has 1 aliphatic rings. The Morgan fingerprint density at radius 3 is 2.71 bits per heavy atom. The smallest absolute Gasteiger partial charge is 0.285 e. The molecule has 1 aromatic rings. The van der Waals surface area contributed by atoms with Gasteiger partial charge in [-0.15, -0.1) is 0 Å². The van der Waals surface area contributed by atoms with Crippen molar-refractivity contribution in [3.05, 3.63) is 33.6 Å². The van der Waals surface area contributed by atoms with E-state index in [1.54, 1.807) is 7.05 Å². The van der Waals surface area contributed by atoms with Crippen molar-refractivity contribution in [2.75, 3.05) is 19.0 Å². The Morgan fingerprint density at radius 1 is 1.62 bits per heavy atom. The molecule has 2 unspecified atom stereocenters. The number of hydrogen-bond acceptors (Lipinski definition) is 5. The Bertz CT molecular complexity index is 593. The number of rotatable bonds is 5. The van der Waals surface area contributed by atoms with Crippen LogP contribution in [0.2, 0.25) is 0 Å². The van der Waals surface area contributed by atoms with Gasteiger partial charge in [0.1, 0.15) is 5.56 Å². The molecule has 21 heavy (non-hydrogen) atoms. The first-order chi connectivity index (χ1) is 9.85. The molecule has 7 nitrogen and oxygen atoms in total. The van der Waals surface area contributed by atoms with Crippen molar-refractivity contribution in [1.29, 1.82) is 0 Å². The summed E-state index contributed by atoms with van der Waals surface area (Å²) in [4.78, 5) is 24.0. The first kappa shape index (κ1) is 15.2. The van der Waals surface area contributed by atoms with Gasteiger partial charge in [0, 0.05) is 13.6 Å². The number of nitrogens with one attached hydrogen (secondary N) is 1. The van der Waals surface area contributed by atoms with E-state index >= 15 is 0 Å². The molecular weight excluding hydrogens is 279 g/mol. The fraction of sp³-hybridized carbons (Fsp3) is 0.462. The van der Waals surface area contributed by atoms with Crippen LogP contribution in [-0.4, -0.2) is 29.3 Å². The van der Waals surface area contributed by atoms with Crippen molar-refractivity contribution < 1.29 is 14.1 Å². The lowest BCUT2D eigenvalue weighted by atomic mass is 10.1. The summed E-state index contributed by atoms with van der Waals surface area (Å²) in [6.07, 6.45) is 1.04. The number of nitro groups is 1. The number of benzene rings is 1. The van der Waals surface area contributed by atoms with Gasteiger partial charge in [-0.25, -0.2) is 4.39 Å². The number of hydrogen-bond donors (Lipinski definition) is 2. The van der Waals surface area contributed by atoms with Crippen molar-refractivity contribution >= 4 is 17.3 Å². The van der Waals surface area contributed by atoms with Crippen LogP contribution in [0.4, 0.5) is 15.8 Å². The van der Waals surface area contributed by atoms with E-state index < -0.39 is 22.3 Å². The summed E-state index contributed by atoms with van der Waals surface area (Å²) >= 11 is 0. The number of carbonyl (C=O) groups excluding carboxylic acids is 1. The first-order valence-corrected chi connectivity index (χ1v) is 6.55. The fourth-order valence-electron chi connectivity index (χ4n) is 2.29. The molecule has 0 aliphatic heterocycles. The highest BCUT2D eigenvalue weighted by Gasteiger charge is 2.35. The van der Waals surface area contributed by atoms with Crippen LogP contribution in [0.15, 0.2) is 12.1 Å². The minimum atomic E-state index is -0.876. The van der Waals surface area contributed by atoms with E-state index in [4.69, 9.17) is 5.84 Å². The molecule has 1 saturated carbocycles. The van der Waals surface area contributed by atoms with Crippen molar-refractivity contribution in [3.8, 4) is 0 Å². The monoisotopic (exact) mass is 296 g/mol. The molecule has 3 N–H and O–H groups in total. The molecule has 0 radical (unpaired) electrons. The van der Waals surface area contributed by atoms with Crippen LogP contribution < -0.4 is 11.3 Å². The molecular formula is C13H17FN4O3. The Kier molecular flexibility index (Phi) is 4.08. The minimum Gasteiger partial charge on any atom is -0.341 e. The van der Waals surface area contributed by atoms with Gasteiger partial charge in [0.2, 0.25) is 0 Å². The average Bonchev–Trinajstić information content (AvgIpc) is 3.12. The predicted octanol–water partition coefficient (Wildman–Crippen LogP) is 1.75. The zero-order valence-electron chi connectivity index (χ0n) is 11.8. The van der Waals surface area contributed by atoms with Crippen LogP contribution in [0.1, 0.15) is 23.7 Å². The lowest BCUT2D eigenvalue weighted by Crippen LogP contribution is -2.30. The van der Waals surface area contributed by atoms with Gasteiger partial charge in [-0.1, -0.05) is 6.92 Å². The average molecular weight is 296 g/mol. The second-order valence-electron chi connectivity index (χ2n) is 5.41. The summed E-state index contributed by atoms with van der Waals surface area (Å²) in [5, 5.41) is 11.0. The zero-order valence-corrected chi connectivity index (χ0v) is 11.8. The Balaban J connectivity index is 2.31. The van der Waals surface area contributed by atoms with E-state index in [-0.39, 0.29) is 11.3 Å². The third-order valence-electron chi connectivity index (χ3n) is 3.80. The second-order valence-corrected chi connectivity index (χ2v) is 5.41. The van der Waals surface area contributed by atoms with Crippen molar-refractivity contribution in [3.63, 3.8) is 0 Å². The highest BCUT2D eigenvalue weighted by Crippen LogP contribution is 2.38. The van der Waals surface area contributed by atoms with Crippen LogP contribution in [0, 0.1) is 27.8 Å². The number of nitro benzene ring substituents is 1. The van der Waals surface area contributed by atoms with E-state index in [2.05, 4.69) is 12.3 Å². The van der Waals surface area contributed by atoms with Gasteiger partial charge in [-0.3, -0.25) is 20.8 Å². The van der Waals surface area contributed by atoms with Crippen LogP contribution in [-0.2, 0) is 0 Å². The topological polar surface area (TPSA) is 102 Å². The van der Waals surface area contributed by atoms with Crippen molar-refractivity contribution in [2.45, 2.75) is 13.3 Å². The summed E-state index contributed by atoms with van der Waals surface area (Å²) in [5.74, 6) is 4.74. The van der Waals surface area contributed by atoms with Crippen molar-refractivity contribution in [2.24, 2.45) is 17.7 Å². The quantitative estimate of drug-likeness (QED) is 0.489. The van der Waals surface area contributed by atoms with E-state index in [9.17, 15) is 19.3 Å². The SMILES string of the molecule is CC1CC1CN(C)C(=O)c1cc(NN)c(F)cc1[N+](=O)[O-]. The number of amides is 1. The number of halogens is 1. The maximum absolute atomic E-state index is 13.6. The fourth-order valence-corrected chi connectivity index (χ4v) is 2.29. The molecule has 0 heterocycles. The summed E-state index contributed by atoms with van der Waals surface area (Å²) < 4.78 is 13.6. The van der Waals surface area contributed by atoms with Crippen molar-refractivity contribution in [1.82, 2.24) is 4.90 Å². The summed E-state index contributed by atoms with van der Waals surface area (Å²) in [6, 6.07) is 1.78. The number of nitrogen functional groups attached to an aromatic ring is 1.